The van der Waals surface area contributed by atoms with Gasteiger partial charge in [0.15, 0.2) is 0 Å². The number of aromatic hydroxyl groups is 1. The van der Waals surface area contributed by atoms with E-state index < -0.39 is 12.0 Å². The molecule has 0 spiro atoms. The number of carboxylic acids is 1. The van der Waals surface area contributed by atoms with Gasteiger partial charge in [0.2, 0.25) is 0 Å². The molecule has 1 heterocycles. The van der Waals surface area contributed by atoms with Gasteiger partial charge in [0.05, 0.1) is 4.91 Å². The molecule has 23 heavy (non-hydrogen) atoms. The number of thiocarbonyl (C=S) groups is 1. The number of phenolic OH excluding ortho intramolecular Hbond substituents is 1. The Morgan fingerprint density at radius 1 is 1.43 bits per heavy atom. The van der Waals surface area contributed by atoms with Crippen LogP contribution in [0, 0.1) is 0 Å². The largest absolute Gasteiger partial charge is 0.508 e. The molecular weight excluding hydrogens is 354 g/mol. The van der Waals surface area contributed by atoms with Crippen molar-refractivity contribution in [2.45, 2.75) is 12.5 Å². The number of hydrogen-bond donors (Lipinski definition) is 2. The third kappa shape index (κ3) is 4.27. The molecule has 1 aliphatic heterocycles. The van der Waals surface area contributed by atoms with Crippen molar-refractivity contribution in [2.75, 3.05) is 12.0 Å². The number of carbonyl (C=O) groups excluding carboxylic acids is 1. The molecule has 2 N–H and O–H groups in total. The number of thioether (sulfide) groups is 2. The summed E-state index contributed by atoms with van der Waals surface area (Å²) in [4.78, 5) is 25.6. The molecule has 1 aliphatic rings. The van der Waals surface area contributed by atoms with Crippen molar-refractivity contribution >= 4 is 58.0 Å². The fraction of sp³-hybridized carbons (Fsp3) is 0.267. The standard InChI is InChI=1S/C15H15NO4S3/c1-22-7-6-11(14(19)20)16-13(18)12(23-15(16)21)8-9-2-4-10(17)5-3-9/h2-5,8,11,17H,6-7H2,1H3,(H,19,20)/b12-8+/t11-/m0/s1. The van der Waals surface area contributed by atoms with Gasteiger partial charge in [-0.3, -0.25) is 9.69 Å². The van der Waals surface area contributed by atoms with E-state index in [0.717, 1.165) is 17.3 Å². The minimum Gasteiger partial charge on any atom is -0.508 e. The van der Waals surface area contributed by atoms with Crippen LogP contribution in [0.2, 0.25) is 0 Å². The van der Waals surface area contributed by atoms with E-state index in [1.807, 2.05) is 6.26 Å². The summed E-state index contributed by atoms with van der Waals surface area (Å²) in [6.45, 7) is 0. The van der Waals surface area contributed by atoms with Crippen LogP contribution < -0.4 is 0 Å². The normalized spacial score (nSPS) is 17.8. The molecule has 1 atom stereocenters. The highest BCUT2D eigenvalue weighted by Gasteiger charge is 2.40. The number of benzene rings is 1. The van der Waals surface area contributed by atoms with Crippen molar-refractivity contribution in [3.05, 3.63) is 34.7 Å². The summed E-state index contributed by atoms with van der Waals surface area (Å²) >= 11 is 7.81. The van der Waals surface area contributed by atoms with E-state index in [1.165, 1.54) is 28.8 Å². The number of carboxylic acid groups (broad SMARTS) is 1. The Balaban J connectivity index is 2.24. The molecule has 2 rings (SSSR count). The van der Waals surface area contributed by atoms with Gasteiger partial charge < -0.3 is 10.2 Å². The highest BCUT2D eigenvalue weighted by Crippen LogP contribution is 2.35. The number of aliphatic carboxylic acids is 1. The lowest BCUT2D eigenvalue weighted by Crippen LogP contribution is -2.44. The molecule has 122 valence electrons. The summed E-state index contributed by atoms with van der Waals surface area (Å²) in [5.41, 5.74) is 0.735. The maximum atomic E-state index is 12.5. The van der Waals surface area contributed by atoms with Crippen LogP contribution in [0.1, 0.15) is 12.0 Å². The molecule has 1 aromatic carbocycles. The first-order chi connectivity index (χ1) is 10.9. The maximum absolute atomic E-state index is 12.5. The van der Waals surface area contributed by atoms with Gasteiger partial charge in [-0.05, 0) is 42.2 Å². The van der Waals surface area contributed by atoms with Crippen molar-refractivity contribution in [3.63, 3.8) is 0 Å². The van der Waals surface area contributed by atoms with Gasteiger partial charge in [-0.25, -0.2) is 4.79 Å². The molecule has 8 heteroatoms. The predicted molar refractivity (Wildman–Crippen MR) is 97.5 cm³/mol. The molecule has 1 amide bonds. The lowest BCUT2D eigenvalue weighted by Gasteiger charge is -2.22. The third-order valence-electron chi connectivity index (χ3n) is 3.21. The molecule has 0 radical (unpaired) electrons. The second kappa shape index (κ2) is 7.85. The van der Waals surface area contributed by atoms with Crippen LogP contribution in [0.15, 0.2) is 29.2 Å². The van der Waals surface area contributed by atoms with Crippen LogP contribution in [0.3, 0.4) is 0 Å². The monoisotopic (exact) mass is 369 g/mol. The number of phenols is 1. The summed E-state index contributed by atoms with van der Waals surface area (Å²) < 4.78 is 0.258. The van der Waals surface area contributed by atoms with Gasteiger partial charge in [0.1, 0.15) is 16.1 Å². The van der Waals surface area contributed by atoms with Crippen molar-refractivity contribution in [2.24, 2.45) is 0 Å². The Hall–Kier alpha value is -1.51. The molecule has 0 aliphatic carbocycles. The average Bonchev–Trinajstić information content (AvgIpc) is 2.77. The van der Waals surface area contributed by atoms with Crippen molar-refractivity contribution < 1.29 is 19.8 Å². The number of nitrogens with zero attached hydrogens (tertiary/aromatic N) is 1. The molecule has 1 aromatic rings. The van der Waals surface area contributed by atoms with Crippen LogP contribution >= 0.6 is 35.7 Å². The molecule has 0 aromatic heterocycles. The summed E-state index contributed by atoms with van der Waals surface area (Å²) in [5.74, 6) is -0.675. The quantitative estimate of drug-likeness (QED) is 0.590. The molecule has 0 unspecified atom stereocenters. The van der Waals surface area contributed by atoms with E-state index in [2.05, 4.69) is 0 Å². The van der Waals surface area contributed by atoms with E-state index in [9.17, 15) is 19.8 Å². The second-order valence-corrected chi connectivity index (χ2v) is 7.44. The number of hydrogen-bond acceptors (Lipinski definition) is 6. The SMILES string of the molecule is CSCC[C@@H](C(=O)O)N1C(=O)/C(=C\c2ccc(O)cc2)SC1=S. The average molecular weight is 369 g/mol. The minimum absolute atomic E-state index is 0.137. The molecule has 0 bridgehead atoms. The van der Waals surface area contributed by atoms with Crippen LogP contribution in [-0.4, -0.2) is 49.4 Å². The summed E-state index contributed by atoms with van der Waals surface area (Å²) in [6, 6.07) is 5.44. The van der Waals surface area contributed by atoms with Crippen molar-refractivity contribution in [1.29, 1.82) is 0 Å². The Bertz CT molecular complexity index is 657. The first-order valence-corrected chi connectivity index (χ1v) is 9.33. The van der Waals surface area contributed by atoms with Gasteiger partial charge in [-0.1, -0.05) is 36.1 Å². The van der Waals surface area contributed by atoms with Gasteiger partial charge >= 0.3 is 5.97 Å². The van der Waals surface area contributed by atoms with Crippen molar-refractivity contribution in [1.82, 2.24) is 4.90 Å². The van der Waals surface area contributed by atoms with E-state index in [4.69, 9.17) is 12.2 Å². The van der Waals surface area contributed by atoms with Crippen LogP contribution in [-0.2, 0) is 9.59 Å². The second-order valence-electron chi connectivity index (χ2n) is 4.78. The number of amides is 1. The molecule has 5 nitrogen and oxygen atoms in total. The zero-order valence-electron chi connectivity index (χ0n) is 12.3. The van der Waals surface area contributed by atoms with Crippen molar-refractivity contribution in [3.8, 4) is 5.75 Å². The highest BCUT2D eigenvalue weighted by atomic mass is 32.2. The Morgan fingerprint density at radius 3 is 2.65 bits per heavy atom. The first kappa shape index (κ1) is 17.8. The molecule has 1 saturated heterocycles. The number of carbonyl (C=O) groups is 2. The third-order valence-corrected chi connectivity index (χ3v) is 5.18. The van der Waals surface area contributed by atoms with Gasteiger partial charge in [-0.15, -0.1) is 0 Å². The highest BCUT2D eigenvalue weighted by molar-refractivity contribution is 8.26. The maximum Gasteiger partial charge on any atom is 0.326 e. The predicted octanol–water partition coefficient (Wildman–Crippen LogP) is 2.80. The fourth-order valence-electron chi connectivity index (χ4n) is 2.06. The molecule has 1 fully saturated rings. The topological polar surface area (TPSA) is 77.8 Å². The minimum atomic E-state index is -1.05. The van der Waals surface area contributed by atoms with Crippen LogP contribution in [0.5, 0.6) is 5.75 Å². The van der Waals surface area contributed by atoms with Crippen LogP contribution in [0.25, 0.3) is 6.08 Å². The lowest BCUT2D eigenvalue weighted by atomic mass is 10.1. The number of rotatable bonds is 6. The smallest absolute Gasteiger partial charge is 0.326 e. The van der Waals surface area contributed by atoms with E-state index >= 15 is 0 Å². The zero-order valence-corrected chi connectivity index (χ0v) is 14.7. The Morgan fingerprint density at radius 2 is 2.09 bits per heavy atom. The van der Waals surface area contributed by atoms with Gasteiger partial charge in [0.25, 0.3) is 5.91 Å². The Kier molecular flexibility index (Phi) is 6.09. The van der Waals surface area contributed by atoms with E-state index in [-0.39, 0.29) is 16.0 Å². The van der Waals surface area contributed by atoms with E-state index in [0.29, 0.717) is 17.1 Å². The van der Waals surface area contributed by atoms with Gasteiger partial charge in [0, 0.05) is 0 Å². The summed E-state index contributed by atoms with van der Waals surface area (Å²) in [5, 5.41) is 18.7. The molecule has 0 saturated carbocycles. The fourth-order valence-corrected chi connectivity index (χ4v) is 3.88. The zero-order chi connectivity index (χ0) is 17.0. The summed E-state index contributed by atoms with van der Waals surface area (Å²) in [6.07, 6.45) is 3.87. The molecular formula is C15H15NO4S3. The van der Waals surface area contributed by atoms with Crippen LogP contribution in [0.4, 0.5) is 0 Å². The van der Waals surface area contributed by atoms with Gasteiger partial charge in [-0.2, -0.15) is 11.8 Å². The van der Waals surface area contributed by atoms with E-state index in [1.54, 1.807) is 18.2 Å². The Labute approximate surface area is 147 Å². The first-order valence-electron chi connectivity index (χ1n) is 6.72. The summed E-state index contributed by atoms with van der Waals surface area (Å²) in [7, 11) is 0. The lowest BCUT2D eigenvalue weighted by molar-refractivity contribution is -0.145.